The Morgan fingerprint density at radius 3 is 2.62 bits per heavy atom. The van der Waals surface area contributed by atoms with E-state index in [1.54, 1.807) is 0 Å². The van der Waals surface area contributed by atoms with Crippen LogP contribution in [-0.2, 0) is 6.42 Å². The highest BCUT2D eigenvalue weighted by molar-refractivity contribution is 6.21. The number of para-hydroxylation sites is 2. The number of alkyl halides is 1. The average Bonchev–Trinajstić information content (AvgIpc) is 2.58. The van der Waals surface area contributed by atoms with Crippen LogP contribution < -0.4 is 0 Å². The van der Waals surface area contributed by atoms with Gasteiger partial charge in [-0.15, -0.1) is 11.6 Å². The molecule has 0 radical (unpaired) electrons. The molecule has 0 aliphatic carbocycles. The zero-order chi connectivity index (χ0) is 11.8. The van der Waals surface area contributed by atoms with Crippen molar-refractivity contribution in [1.29, 1.82) is 0 Å². The molecule has 0 fully saturated rings. The molecule has 0 saturated heterocycles. The van der Waals surface area contributed by atoms with Gasteiger partial charge in [-0.05, 0) is 17.5 Å². The summed E-state index contributed by atoms with van der Waals surface area (Å²) >= 11 is 6.32. The zero-order valence-electron chi connectivity index (χ0n) is 9.83. The number of benzene rings is 1. The highest BCUT2D eigenvalue weighted by atomic mass is 35.5. The molecule has 2 aromatic rings. The maximum atomic E-state index is 6.32. The van der Waals surface area contributed by atoms with E-state index in [0.717, 1.165) is 17.0 Å². The summed E-state index contributed by atoms with van der Waals surface area (Å²) in [6.07, 6.45) is 0.666. The summed E-state index contributed by atoms with van der Waals surface area (Å²) in [5, 5.41) is 0.0283. The molecular weight excluding hydrogens is 222 g/mol. The molecule has 1 heterocycles. The number of aromatic nitrogens is 1. The third-order valence-electron chi connectivity index (χ3n) is 2.63. The topological polar surface area (TPSA) is 26.0 Å². The van der Waals surface area contributed by atoms with Crippen molar-refractivity contribution in [3.05, 3.63) is 30.2 Å². The fourth-order valence-electron chi connectivity index (χ4n) is 1.47. The summed E-state index contributed by atoms with van der Waals surface area (Å²) in [7, 11) is 0. The van der Waals surface area contributed by atoms with Gasteiger partial charge in [0.1, 0.15) is 5.52 Å². The van der Waals surface area contributed by atoms with Crippen molar-refractivity contribution in [1.82, 2.24) is 4.98 Å². The summed E-state index contributed by atoms with van der Waals surface area (Å²) in [5.41, 5.74) is 1.79. The molecule has 0 aliphatic heterocycles. The van der Waals surface area contributed by atoms with Crippen LogP contribution in [0.5, 0.6) is 0 Å². The lowest BCUT2D eigenvalue weighted by atomic mass is 9.90. The van der Waals surface area contributed by atoms with Gasteiger partial charge in [-0.1, -0.05) is 32.9 Å². The van der Waals surface area contributed by atoms with Crippen LogP contribution in [0.25, 0.3) is 11.1 Å². The first-order valence-electron chi connectivity index (χ1n) is 5.45. The van der Waals surface area contributed by atoms with E-state index >= 15 is 0 Å². The summed E-state index contributed by atoms with van der Waals surface area (Å²) < 4.78 is 5.64. The number of oxazole rings is 1. The zero-order valence-corrected chi connectivity index (χ0v) is 10.6. The van der Waals surface area contributed by atoms with Crippen LogP contribution in [0.2, 0.25) is 0 Å². The van der Waals surface area contributed by atoms with Gasteiger partial charge in [-0.2, -0.15) is 0 Å². The Kier molecular flexibility index (Phi) is 2.94. The number of halogens is 1. The molecule has 0 amide bonds. The molecule has 16 heavy (non-hydrogen) atoms. The van der Waals surface area contributed by atoms with E-state index in [2.05, 4.69) is 25.8 Å². The molecule has 2 nitrogen and oxygen atoms in total. The molecule has 0 N–H and O–H groups in total. The molecule has 1 atom stereocenters. The summed E-state index contributed by atoms with van der Waals surface area (Å²) in [6, 6.07) is 7.77. The number of rotatable bonds is 2. The lowest BCUT2D eigenvalue weighted by Gasteiger charge is -2.23. The normalized spacial score (nSPS) is 14.2. The summed E-state index contributed by atoms with van der Waals surface area (Å²) in [6.45, 7) is 6.36. The van der Waals surface area contributed by atoms with E-state index in [1.165, 1.54) is 0 Å². The van der Waals surface area contributed by atoms with Crippen LogP contribution in [0.1, 0.15) is 26.7 Å². The first-order chi connectivity index (χ1) is 7.47. The minimum atomic E-state index is 0.0283. The SMILES string of the molecule is CC(C)(C)C(Cl)Cc1nc2ccccc2o1. The van der Waals surface area contributed by atoms with Crippen LogP contribution in [0, 0.1) is 5.41 Å². The Balaban J connectivity index is 2.22. The highest BCUT2D eigenvalue weighted by Crippen LogP contribution is 2.28. The van der Waals surface area contributed by atoms with E-state index in [0.29, 0.717) is 6.42 Å². The standard InChI is InChI=1S/C13H16ClNO/c1-13(2,3)11(14)8-12-15-9-6-4-5-7-10(9)16-12/h4-7,11H,8H2,1-3H3. The van der Waals surface area contributed by atoms with E-state index in [1.807, 2.05) is 24.3 Å². The smallest absolute Gasteiger partial charge is 0.196 e. The van der Waals surface area contributed by atoms with Crippen LogP contribution in [0.15, 0.2) is 28.7 Å². The minimum Gasteiger partial charge on any atom is -0.441 e. The molecule has 0 saturated carbocycles. The van der Waals surface area contributed by atoms with Crippen molar-refractivity contribution in [2.75, 3.05) is 0 Å². The van der Waals surface area contributed by atoms with E-state index in [4.69, 9.17) is 16.0 Å². The quantitative estimate of drug-likeness (QED) is 0.738. The van der Waals surface area contributed by atoms with Crippen molar-refractivity contribution in [2.24, 2.45) is 5.41 Å². The third kappa shape index (κ3) is 2.38. The first kappa shape index (κ1) is 11.5. The van der Waals surface area contributed by atoms with Gasteiger partial charge < -0.3 is 4.42 Å². The predicted octanol–water partition coefficient (Wildman–Crippen LogP) is 4.02. The third-order valence-corrected chi connectivity index (χ3v) is 3.44. The Hall–Kier alpha value is -1.02. The van der Waals surface area contributed by atoms with Crippen molar-refractivity contribution < 1.29 is 4.42 Å². The molecule has 0 bridgehead atoms. The van der Waals surface area contributed by atoms with Gasteiger partial charge in [-0.3, -0.25) is 0 Å². The average molecular weight is 238 g/mol. The predicted molar refractivity (Wildman–Crippen MR) is 66.8 cm³/mol. The van der Waals surface area contributed by atoms with Gasteiger partial charge in [0.15, 0.2) is 11.5 Å². The van der Waals surface area contributed by atoms with Crippen molar-refractivity contribution in [2.45, 2.75) is 32.6 Å². The molecule has 2 rings (SSSR count). The Morgan fingerprint density at radius 2 is 2.00 bits per heavy atom. The molecule has 86 valence electrons. The Morgan fingerprint density at radius 1 is 1.31 bits per heavy atom. The van der Waals surface area contributed by atoms with Crippen molar-refractivity contribution >= 4 is 22.7 Å². The van der Waals surface area contributed by atoms with E-state index in [-0.39, 0.29) is 10.8 Å². The fourth-order valence-corrected chi connectivity index (χ4v) is 1.60. The van der Waals surface area contributed by atoms with Crippen LogP contribution in [0.3, 0.4) is 0 Å². The monoisotopic (exact) mass is 237 g/mol. The van der Waals surface area contributed by atoms with E-state index < -0.39 is 0 Å². The van der Waals surface area contributed by atoms with Gasteiger partial charge in [0, 0.05) is 11.8 Å². The molecule has 1 unspecified atom stereocenters. The largest absolute Gasteiger partial charge is 0.441 e. The van der Waals surface area contributed by atoms with Gasteiger partial charge >= 0.3 is 0 Å². The lowest BCUT2D eigenvalue weighted by molar-refractivity contribution is 0.366. The Bertz CT molecular complexity index is 451. The summed E-state index contributed by atoms with van der Waals surface area (Å²) in [5.74, 6) is 0.719. The molecule has 1 aromatic carbocycles. The Labute approximate surface area is 101 Å². The first-order valence-corrected chi connectivity index (χ1v) is 5.89. The summed E-state index contributed by atoms with van der Waals surface area (Å²) in [4.78, 5) is 4.42. The van der Waals surface area contributed by atoms with Crippen LogP contribution in [0.4, 0.5) is 0 Å². The molecule has 0 aliphatic rings. The molecule has 1 aromatic heterocycles. The number of nitrogens with zero attached hydrogens (tertiary/aromatic N) is 1. The van der Waals surface area contributed by atoms with E-state index in [9.17, 15) is 0 Å². The van der Waals surface area contributed by atoms with Gasteiger partial charge in [0.25, 0.3) is 0 Å². The second-order valence-corrected chi connectivity index (χ2v) is 5.64. The maximum absolute atomic E-state index is 6.32. The molecule has 3 heteroatoms. The second-order valence-electron chi connectivity index (χ2n) is 5.11. The van der Waals surface area contributed by atoms with Gasteiger partial charge in [0.2, 0.25) is 0 Å². The fraction of sp³-hybridized carbons (Fsp3) is 0.462. The van der Waals surface area contributed by atoms with Gasteiger partial charge in [-0.25, -0.2) is 4.98 Å². The number of fused-ring (bicyclic) bond motifs is 1. The molecular formula is C13H16ClNO. The highest BCUT2D eigenvalue weighted by Gasteiger charge is 2.24. The maximum Gasteiger partial charge on any atom is 0.196 e. The van der Waals surface area contributed by atoms with Crippen molar-refractivity contribution in [3.8, 4) is 0 Å². The second kappa shape index (κ2) is 4.10. The lowest BCUT2D eigenvalue weighted by Crippen LogP contribution is -2.22. The molecule has 0 spiro atoms. The minimum absolute atomic E-state index is 0.0283. The van der Waals surface area contributed by atoms with Crippen LogP contribution >= 0.6 is 11.6 Å². The van der Waals surface area contributed by atoms with Gasteiger partial charge in [0.05, 0.1) is 0 Å². The van der Waals surface area contributed by atoms with Crippen LogP contribution in [-0.4, -0.2) is 10.4 Å². The number of hydrogen-bond acceptors (Lipinski definition) is 2. The number of hydrogen-bond donors (Lipinski definition) is 0. The van der Waals surface area contributed by atoms with Crippen molar-refractivity contribution in [3.63, 3.8) is 0 Å².